The molecule has 8 heteroatoms. The molecule has 1 unspecified atom stereocenters. The molecule has 2 aliphatic heterocycles. The number of nitrogens with zero attached hydrogens (tertiary/aromatic N) is 4. The number of hydrogen-bond donors (Lipinski definition) is 1. The average molecular weight is 357 g/mol. The van der Waals surface area contributed by atoms with E-state index >= 15 is 0 Å². The lowest BCUT2D eigenvalue weighted by Gasteiger charge is -2.21. The van der Waals surface area contributed by atoms with Gasteiger partial charge in [0.15, 0.2) is 5.60 Å². The first-order valence-electron chi connectivity index (χ1n) is 8.22. The maximum Gasteiger partial charge on any atom is 0.273 e. The fourth-order valence-corrected chi connectivity index (χ4v) is 3.92. The normalized spacial score (nSPS) is 22.8. The number of amides is 1. The zero-order valence-electron chi connectivity index (χ0n) is 13.9. The molecule has 25 heavy (non-hydrogen) atoms. The van der Waals surface area contributed by atoms with Crippen LogP contribution < -0.4 is 5.32 Å². The predicted octanol–water partition coefficient (Wildman–Crippen LogP) is 2.21. The molecule has 2 aromatic heterocycles. The van der Waals surface area contributed by atoms with Crippen LogP contribution in [-0.4, -0.2) is 45.2 Å². The number of carbonyl (C=O) groups excluding carboxylic acids is 1. The van der Waals surface area contributed by atoms with E-state index < -0.39 is 0 Å². The van der Waals surface area contributed by atoms with Crippen molar-refractivity contribution in [3.05, 3.63) is 40.6 Å². The number of oxime groups is 1. The lowest BCUT2D eigenvalue weighted by Crippen LogP contribution is -2.35. The molecule has 130 valence electrons. The van der Waals surface area contributed by atoms with Crippen LogP contribution in [0.15, 0.2) is 35.1 Å². The second-order valence-corrected chi connectivity index (χ2v) is 7.45. The van der Waals surface area contributed by atoms with E-state index in [2.05, 4.69) is 25.3 Å². The quantitative estimate of drug-likeness (QED) is 0.907. The number of aromatic nitrogens is 2. The Bertz CT molecular complexity index is 807. The highest BCUT2D eigenvalue weighted by molar-refractivity contribution is 7.09. The van der Waals surface area contributed by atoms with Gasteiger partial charge in [-0.1, -0.05) is 5.16 Å². The van der Waals surface area contributed by atoms with Crippen molar-refractivity contribution in [3.8, 4) is 0 Å². The first kappa shape index (κ1) is 16.2. The number of rotatable bonds is 4. The van der Waals surface area contributed by atoms with E-state index in [0.717, 1.165) is 36.8 Å². The SMILES string of the molecule is Cc1ncccc1NC(=O)C1=NOC2(CCN(Cc3nccs3)C2)C1. The monoisotopic (exact) mass is 357 g/mol. The minimum atomic E-state index is -0.381. The van der Waals surface area contributed by atoms with E-state index in [1.165, 1.54) is 0 Å². The van der Waals surface area contributed by atoms with Gasteiger partial charge in [-0.25, -0.2) is 4.98 Å². The van der Waals surface area contributed by atoms with Gasteiger partial charge < -0.3 is 10.2 Å². The van der Waals surface area contributed by atoms with Gasteiger partial charge in [-0.3, -0.25) is 14.7 Å². The van der Waals surface area contributed by atoms with Crippen molar-refractivity contribution < 1.29 is 9.63 Å². The lowest BCUT2D eigenvalue weighted by molar-refractivity contribution is -0.110. The van der Waals surface area contributed by atoms with Gasteiger partial charge in [-0.05, 0) is 19.1 Å². The number of nitrogens with one attached hydrogen (secondary N) is 1. The average Bonchev–Trinajstić information content (AvgIpc) is 3.33. The number of anilines is 1. The van der Waals surface area contributed by atoms with Gasteiger partial charge in [0.1, 0.15) is 10.7 Å². The van der Waals surface area contributed by atoms with Crippen LogP contribution in [0.2, 0.25) is 0 Å². The minimum absolute atomic E-state index is 0.216. The number of thiazole rings is 1. The topological polar surface area (TPSA) is 79.7 Å². The van der Waals surface area contributed by atoms with Crippen LogP contribution >= 0.6 is 11.3 Å². The van der Waals surface area contributed by atoms with Crippen LogP contribution in [0.5, 0.6) is 0 Å². The summed E-state index contributed by atoms with van der Waals surface area (Å²) in [5.41, 5.74) is 1.54. The van der Waals surface area contributed by atoms with Crippen molar-refractivity contribution in [1.29, 1.82) is 0 Å². The molecule has 0 aliphatic carbocycles. The molecule has 0 bridgehead atoms. The lowest BCUT2D eigenvalue weighted by atomic mass is 9.96. The van der Waals surface area contributed by atoms with E-state index in [9.17, 15) is 4.79 Å². The van der Waals surface area contributed by atoms with E-state index in [1.807, 2.05) is 24.6 Å². The standard InChI is InChI=1S/C17H19N5O2S/c1-12-13(3-2-5-18-12)20-16(23)14-9-17(24-21-14)4-7-22(11-17)10-15-19-6-8-25-15/h2-3,5-6,8H,4,7,9-11H2,1H3,(H,20,23). The molecule has 2 aromatic rings. The molecule has 0 radical (unpaired) electrons. The summed E-state index contributed by atoms with van der Waals surface area (Å²) in [5, 5.41) is 10.0. The van der Waals surface area contributed by atoms with Gasteiger partial charge >= 0.3 is 0 Å². The van der Waals surface area contributed by atoms with Crippen molar-refractivity contribution in [2.24, 2.45) is 5.16 Å². The summed E-state index contributed by atoms with van der Waals surface area (Å²) in [5.74, 6) is -0.216. The zero-order chi connectivity index (χ0) is 17.3. The largest absolute Gasteiger partial charge is 0.387 e. The van der Waals surface area contributed by atoms with Gasteiger partial charge in [0.25, 0.3) is 5.91 Å². The Morgan fingerprint density at radius 2 is 2.36 bits per heavy atom. The van der Waals surface area contributed by atoms with E-state index in [-0.39, 0.29) is 11.5 Å². The molecule has 1 spiro atoms. The Balaban J connectivity index is 1.36. The van der Waals surface area contributed by atoms with Gasteiger partial charge in [0.05, 0.1) is 17.9 Å². The van der Waals surface area contributed by atoms with Gasteiger partial charge in [-0.2, -0.15) is 0 Å². The Morgan fingerprint density at radius 3 is 3.16 bits per heavy atom. The first-order chi connectivity index (χ1) is 12.1. The number of aryl methyl sites for hydroxylation is 1. The van der Waals surface area contributed by atoms with Crippen LogP contribution in [0.4, 0.5) is 5.69 Å². The van der Waals surface area contributed by atoms with Crippen molar-refractivity contribution in [3.63, 3.8) is 0 Å². The number of hydrogen-bond acceptors (Lipinski definition) is 7. The van der Waals surface area contributed by atoms with Gasteiger partial charge in [0, 0.05) is 43.7 Å². The van der Waals surface area contributed by atoms with E-state index in [4.69, 9.17) is 4.84 Å². The third-order valence-corrected chi connectivity index (χ3v) is 5.36. The van der Waals surface area contributed by atoms with Crippen molar-refractivity contribution in [2.75, 3.05) is 18.4 Å². The van der Waals surface area contributed by atoms with Gasteiger partial charge in [-0.15, -0.1) is 11.3 Å². The Kier molecular flexibility index (Phi) is 4.22. The maximum absolute atomic E-state index is 12.5. The molecule has 1 saturated heterocycles. The molecule has 1 fully saturated rings. The van der Waals surface area contributed by atoms with Crippen molar-refractivity contribution >= 4 is 28.6 Å². The molecule has 4 rings (SSSR count). The number of likely N-dealkylation sites (tertiary alicyclic amines) is 1. The Hall–Kier alpha value is -2.32. The van der Waals surface area contributed by atoms with Crippen LogP contribution in [0.1, 0.15) is 23.5 Å². The summed E-state index contributed by atoms with van der Waals surface area (Å²) in [6.07, 6.45) is 4.92. The van der Waals surface area contributed by atoms with Gasteiger partial charge in [0.2, 0.25) is 0 Å². The summed E-state index contributed by atoms with van der Waals surface area (Å²) >= 11 is 1.66. The fraction of sp³-hybridized carbons (Fsp3) is 0.412. The van der Waals surface area contributed by atoms with Crippen molar-refractivity contribution in [1.82, 2.24) is 14.9 Å². The summed E-state index contributed by atoms with van der Waals surface area (Å²) in [7, 11) is 0. The Labute approximate surface area is 149 Å². The molecule has 0 saturated carbocycles. The van der Waals surface area contributed by atoms with Crippen molar-refractivity contribution in [2.45, 2.75) is 31.9 Å². The van der Waals surface area contributed by atoms with Crippen LogP contribution in [0.3, 0.4) is 0 Å². The van der Waals surface area contributed by atoms with Crippen LogP contribution in [0.25, 0.3) is 0 Å². The van der Waals surface area contributed by atoms with E-state index in [0.29, 0.717) is 17.8 Å². The zero-order valence-corrected chi connectivity index (χ0v) is 14.8. The summed E-state index contributed by atoms with van der Waals surface area (Å²) in [6, 6.07) is 3.63. The molecule has 7 nitrogen and oxygen atoms in total. The summed E-state index contributed by atoms with van der Waals surface area (Å²) in [4.78, 5) is 29.0. The minimum Gasteiger partial charge on any atom is -0.387 e. The first-order valence-corrected chi connectivity index (χ1v) is 9.10. The van der Waals surface area contributed by atoms with Crippen LogP contribution in [-0.2, 0) is 16.2 Å². The second kappa shape index (κ2) is 6.53. The summed E-state index contributed by atoms with van der Waals surface area (Å²) in [6.45, 7) is 4.36. The molecular weight excluding hydrogens is 338 g/mol. The molecular formula is C17H19N5O2S. The smallest absolute Gasteiger partial charge is 0.273 e. The highest BCUT2D eigenvalue weighted by atomic mass is 32.1. The third-order valence-electron chi connectivity index (χ3n) is 4.59. The number of carbonyl (C=O) groups is 1. The highest BCUT2D eigenvalue weighted by Crippen LogP contribution is 2.34. The molecule has 0 aromatic carbocycles. The fourth-order valence-electron chi connectivity index (χ4n) is 3.26. The molecule has 4 heterocycles. The third kappa shape index (κ3) is 3.40. The van der Waals surface area contributed by atoms with E-state index in [1.54, 1.807) is 23.6 Å². The molecule has 2 aliphatic rings. The summed E-state index contributed by atoms with van der Waals surface area (Å²) < 4.78 is 0. The number of pyridine rings is 1. The predicted molar refractivity (Wildman–Crippen MR) is 95.5 cm³/mol. The molecule has 1 amide bonds. The van der Waals surface area contributed by atoms with Crippen LogP contribution in [0, 0.1) is 6.92 Å². The molecule has 1 N–H and O–H groups in total. The Morgan fingerprint density at radius 1 is 1.44 bits per heavy atom. The maximum atomic E-state index is 12.5. The molecule has 1 atom stereocenters. The second-order valence-electron chi connectivity index (χ2n) is 6.47. The highest BCUT2D eigenvalue weighted by Gasteiger charge is 2.46.